The number of anilines is 1. The van der Waals surface area contributed by atoms with E-state index >= 15 is 0 Å². The Labute approximate surface area is 117 Å². The van der Waals surface area contributed by atoms with Gasteiger partial charge in [-0.15, -0.1) is 0 Å². The molecule has 0 saturated carbocycles. The zero-order chi connectivity index (χ0) is 15.0. The van der Waals surface area contributed by atoms with E-state index in [9.17, 15) is 13.6 Å². The molecule has 0 aliphatic rings. The Morgan fingerprint density at radius 3 is 2.65 bits per heavy atom. The average molecular weight is 287 g/mol. The van der Waals surface area contributed by atoms with Gasteiger partial charge >= 0.3 is 6.61 Å². The predicted octanol–water partition coefficient (Wildman–Crippen LogP) is 3.82. The summed E-state index contributed by atoms with van der Waals surface area (Å²) in [5.41, 5.74) is 0.406. The fourth-order valence-corrected chi connectivity index (χ4v) is 1.70. The van der Waals surface area contributed by atoms with Crippen LogP contribution >= 0.6 is 0 Å². The number of alkyl halides is 2. The maximum Gasteiger partial charge on any atom is 0.387 e. The van der Waals surface area contributed by atoms with Crippen LogP contribution in [-0.2, 0) is 4.79 Å². The lowest BCUT2D eigenvalue weighted by molar-refractivity contribution is -0.116. The number of amides is 1. The first kappa shape index (κ1) is 16.2. The standard InChI is InChI=1S/C14H19F2NO3/c1-3-4-5-6-13(18)17-10-7-8-11(19-2)12(9-10)20-14(15)16/h7-9,14H,3-6H2,1-2H3,(H,17,18). The number of rotatable bonds is 8. The van der Waals surface area contributed by atoms with Gasteiger partial charge in [-0.3, -0.25) is 4.79 Å². The van der Waals surface area contributed by atoms with E-state index in [1.54, 1.807) is 6.07 Å². The molecular formula is C14H19F2NO3. The van der Waals surface area contributed by atoms with Gasteiger partial charge in [-0.25, -0.2) is 0 Å². The molecule has 0 saturated heterocycles. The molecule has 6 heteroatoms. The highest BCUT2D eigenvalue weighted by Gasteiger charge is 2.12. The normalized spacial score (nSPS) is 10.4. The minimum Gasteiger partial charge on any atom is -0.493 e. The van der Waals surface area contributed by atoms with Gasteiger partial charge in [0.15, 0.2) is 11.5 Å². The molecule has 1 N–H and O–H groups in total. The zero-order valence-electron chi connectivity index (χ0n) is 11.6. The van der Waals surface area contributed by atoms with Crippen LogP contribution in [0.1, 0.15) is 32.6 Å². The van der Waals surface area contributed by atoms with Crippen molar-refractivity contribution < 1.29 is 23.0 Å². The van der Waals surface area contributed by atoms with Crippen LogP contribution in [0.3, 0.4) is 0 Å². The summed E-state index contributed by atoms with van der Waals surface area (Å²) < 4.78 is 33.8. The van der Waals surface area contributed by atoms with Gasteiger partial charge in [0.05, 0.1) is 7.11 Å². The first-order chi connectivity index (χ1) is 9.56. The smallest absolute Gasteiger partial charge is 0.387 e. The quantitative estimate of drug-likeness (QED) is 0.739. The van der Waals surface area contributed by atoms with E-state index in [1.807, 2.05) is 0 Å². The number of carbonyl (C=O) groups is 1. The molecule has 0 bridgehead atoms. The number of halogens is 2. The first-order valence-electron chi connectivity index (χ1n) is 6.49. The summed E-state index contributed by atoms with van der Waals surface area (Å²) in [7, 11) is 1.36. The number of carbonyl (C=O) groups excluding carboxylic acids is 1. The van der Waals surface area contributed by atoms with Crippen LogP contribution in [0.5, 0.6) is 11.5 Å². The molecule has 4 nitrogen and oxygen atoms in total. The molecule has 0 heterocycles. The second-order valence-electron chi connectivity index (χ2n) is 4.25. The lowest BCUT2D eigenvalue weighted by Crippen LogP contribution is -2.11. The summed E-state index contributed by atoms with van der Waals surface area (Å²) in [6.45, 7) is -0.894. The molecule has 0 atom stereocenters. The summed E-state index contributed by atoms with van der Waals surface area (Å²) in [6, 6.07) is 4.37. The monoisotopic (exact) mass is 287 g/mol. The van der Waals surface area contributed by atoms with Gasteiger partial charge < -0.3 is 14.8 Å². The number of hydrogen-bond donors (Lipinski definition) is 1. The Morgan fingerprint density at radius 1 is 1.30 bits per heavy atom. The molecule has 1 rings (SSSR count). The highest BCUT2D eigenvalue weighted by Crippen LogP contribution is 2.31. The Kier molecular flexibility index (Phi) is 6.76. The van der Waals surface area contributed by atoms with Crippen molar-refractivity contribution in [2.24, 2.45) is 0 Å². The van der Waals surface area contributed by atoms with Gasteiger partial charge in [-0.2, -0.15) is 8.78 Å². The summed E-state index contributed by atoms with van der Waals surface area (Å²) in [5.74, 6) is -0.0604. The second kappa shape index (κ2) is 8.35. The van der Waals surface area contributed by atoms with Gasteiger partial charge in [0, 0.05) is 18.2 Å². The molecule has 0 aliphatic carbocycles. The van der Waals surface area contributed by atoms with E-state index in [0.717, 1.165) is 19.3 Å². The minimum absolute atomic E-state index is 0.103. The largest absolute Gasteiger partial charge is 0.493 e. The highest BCUT2D eigenvalue weighted by atomic mass is 19.3. The van der Waals surface area contributed by atoms with Crippen molar-refractivity contribution in [2.75, 3.05) is 12.4 Å². The molecule has 0 radical (unpaired) electrons. The summed E-state index contributed by atoms with van der Waals surface area (Å²) in [4.78, 5) is 11.6. The highest BCUT2D eigenvalue weighted by molar-refractivity contribution is 5.91. The van der Waals surface area contributed by atoms with Crippen LogP contribution in [0.15, 0.2) is 18.2 Å². The molecule has 20 heavy (non-hydrogen) atoms. The molecule has 1 amide bonds. The Bertz CT molecular complexity index is 438. The van der Waals surface area contributed by atoms with Crippen molar-refractivity contribution in [3.63, 3.8) is 0 Å². The first-order valence-corrected chi connectivity index (χ1v) is 6.49. The molecule has 1 aromatic carbocycles. The van der Waals surface area contributed by atoms with E-state index in [0.29, 0.717) is 12.1 Å². The number of hydrogen-bond acceptors (Lipinski definition) is 3. The van der Waals surface area contributed by atoms with Crippen molar-refractivity contribution >= 4 is 11.6 Å². The number of benzene rings is 1. The van der Waals surface area contributed by atoms with Gasteiger partial charge in [-0.1, -0.05) is 19.8 Å². The topological polar surface area (TPSA) is 47.6 Å². The molecule has 1 aromatic rings. The van der Waals surface area contributed by atoms with Gasteiger partial charge in [0.1, 0.15) is 0 Å². The Hall–Kier alpha value is -1.85. The molecule has 0 aromatic heterocycles. The van der Waals surface area contributed by atoms with E-state index in [4.69, 9.17) is 4.74 Å². The van der Waals surface area contributed by atoms with Gasteiger partial charge in [-0.05, 0) is 18.6 Å². The fourth-order valence-electron chi connectivity index (χ4n) is 1.70. The fraction of sp³-hybridized carbons (Fsp3) is 0.500. The minimum atomic E-state index is -2.94. The third kappa shape index (κ3) is 5.42. The summed E-state index contributed by atoms with van der Waals surface area (Å²) >= 11 is 0. The van der Waals surface area contributed by atoms with Crippen LogP contribution in [0, 0.1) is 0 Å². The van der Waals surface area contributed by atoms with E-state index in [-0.39, 0.29) is 17.4 Å². The molecule has 0 fully saturated rings. The lowest BCUT2D eigenvalue weighted by atomic mass is 10.2. The SMILES string of the molecule is CCCCCC(=O)Nc1ccc(OC)c(OC(F)F)c1. The van der Waals surface area contributed by atoms with Crippen LogP contribution in [0.4, 0.5) is 14.5 Å². The van der Waals surface area contributed by atoms with Gasteiger partial charge in [0.25, 0.3) is 0 Å². The molecule has 0 aliphatic heterocycles. The van der Waals surface area contributed by atoms with Crippen LogP contribution in [0.25, 0.3) is 0 Å². The third-order valence-corrected chi connectivity index (χ3v) is 2.67. The molecule has 112 valence electrons. The van der Waals surface area contributed by atoms with E-state index in [1.165, 1.54) is 19.2 Å². The maximum absolute atomic E-state index is 12.3. The second-order valence-corrected chi connectivity index (χ2v) is 4.25. The van der Waals surface area contributed by atoms with E-state index < -0.39 is 6.61 Å². The van der Waals surface area contributed by atoms with Crippen LogP contribution in [0.2, 0.25) is 0 Å². The van der Waals surface area contributed by atoms with Gasteiger partial charge in [0.2, 0.25) is 5.91 Å². The van der Waals surface area contributed by atoms with Crippen LogP contribution < -0.4 is 14.8 Å². The molecule has 0 unspecified atom stereocenters. The average Bonchev–Trinajstić information content (AvgIpc) is 2.38. The molecule has 0 spiro atoms. The maximum atomic E-state index is 12.3. The van der Waals surface area contributed by atoms with Crippen molar-refractivity contribution in [1.29, 1.82) is 0 Å². The van der Waals surface area contributed by atoms with Crippen molar-refractivity contribution in [1.82, 2.24) is 0 Å². The van der Waals surface area contributed by atoms with Crippen molar-refractivity contribution in [3.05, 3.63) is 18.2 Å². The Morgan fingerprint density at radius 2 is 2.05 bits per heavy atom. The van der Waals surface area contributed by atoms with Crippen molar-refractivity contribution in [2.45, 2.75) is 39.2 Å². The predicted molar refractivity (Wildman–Crippen MR) is 72.4 cm³/mol. The number of nitrogens with one attached hydrogen (secondary N) is 1. The zero-order valence-corrected chi connectivity index (χ0v) is 11.6. The summed E-state index contributed by atoms with van der Waals surface area (Å²) in [5, 5.41) is 2.65. The summed E-state index contributed by atoms with van der Waals surface area (Å²) in [6.07, 6.45) is 3.22. The lowest BCUT2D eigenvalue weighted by Gasteiger charge is -2.12. The van der Waals surface area contributed by atoms with E-state index in [2.05, 4.69) is 17.0 Å². The third-order valence-electron chi connectivity index (χ3n) is 2.67. The van der Waals surface area contributed by atoms with Crippen molar-refractivity contribution in [3.8, 4) is 11.5 Å². The molecular weight excluding hydrogens is 268 g/mol. The number of unbranched alkanes of at least 4 members (excludes halogenated alkanes) is 2. The number of methoxy groups -OCH3 is 1. The van der Waals surface area contributed by atoms with Crippen LogP contribution in [-0.4, -0.2) is 19.6 Å². The number of ether oxygens (including phenoxy) is 2. The Balaban J connectivity index is 2.68.